The van der Waals surface area contributed by atoms with Crippen LogP contribution in [0.3, 0.4) is 0 Å². The van der Waals surface area contributed by atoms with Gasteiger partial charge in [-0.2, -0.15) is 4.98 Å². The van der Waals surface area contributed by atoms with Crippen LogP contribution in [-0.2, 0) is 0 Å². The van der Waals surface area contributed by atoms with Crippen LogP contribution < -0.4 is 5.32 Å². The Kier molecular flexibility index (Phi) is 2.23. The average Bonchev–Trinajstić information content (AvgIpc) is 2.41. The molecule has 1 aliphatic heterocycles. The normalized spacial score (nSPS) is 10.4. The molecule has 2 N–H and O–H groups in total. The number of aromatic nitrogens is 1. The summed E-state index contributed by atoms with van der Waals surface area (Å²) < 4.78 is 0. The summed E-state index contributed by atoms with van der Waals surface area (Å²) in [4.78, 5) is 4.05. The third kappa shape index (κ3) is 1.37. The van der Waals surface area contributed by atoms with E-state index in [4.69, 9.17) is 0 Å². The molecule has 0 atom stereocenters. The van der Waals surface area contributed by atoms with Crippen molar-refractivity contribution in [2.45, 2.75) is 6.92 Å². The predicted molar refractivity (Wildman–Crippen MR) is 56.7 cm³/mol. The second-order valence-electron chi connectivity index (χ2n) is 3.05. The summed E-state index contributed by atoms with van der Waals surface area (Å²) in [6.45, 7) is 2.80. The number of hydrogen-bond donors (Lipinski definition) is 2. The lowest BCUT2D eigenvalue weighted by atomic mass is 10.2. The van der Waals surface area contributed by atoms with Crippen LogP contribution in [-0.4, -0.2) is 16.6 Å². The number of hydrogen-bond acceptors (Lipinski definition) is 3. The molecule has 0 spiro atoms. The Morgan fingerprint density at radius 3 is 2.64 bits per heavy atom. The molecule has 0 aromatic rings. The maximum absolute atomic E-state index is 9.58. The van der Waals surface area contributed by atoms with Crippen LogP contribution in [0, 0.1) is 0 Å². The summed E-state index contributed by atoms with van der Waals surface area (Å²) in [5.74, 6) is 0.836. The molecule has 3 heteroatoms. The molecule has 72 valence electrons. The van der Waals surface area contributed by atoms with Crippen LogP contribution in [0.15, 0.2) is 30.3 Å². The maximum Gasteiger partial charge on any atom is 0.220 e. The molecule has 0 bridgehead atoms. The fourth-order valence-corrected chi connectivity index (χ4v) is 1.48. The van der Waals surface area contributed by atoms with Crippen LogP contribution in [0.1, 0.15) is 6.92 Å². The van der Waals surface area contributed by atoms with Gasteiger partial charge >= 0.3 is 0 Å². The Labute approximate surface area is 82.8 Å². The second kappa shape index (κ2) is 3.54. The van der Waals surface area contributed by atoms with Gasteiger partial charge in [0.15, 0.2) is 0 Å². The van der Waals surface area contributed by atoms with Gasteiger partial charge in [-0.15, -0.1) is 0 Å². The summed E-state index contributed by atoms with van der Waals surface area (Å²) in [6, 6.07) is 9.55. The van der Waals surface area contributed by atoms with Crippen LogP contribution in [0.25, 0.3) is 11.1 Å². The minimum absolute atomic E-state index is 0.0900. The zero-order chi connectivity index (χ0) is 9.97. The van der Waals surface area contributed by atoms with Crippen molar-refractivity contribution in [2.75, 3.05) is 11.9 Å². The van der Waals surface area contributed by atoms with Gasteiger partial charge in [0.2, 0.25) is 5.88 Å². The molecule has 2 rings (SSSR count). The molecule has 0 aromatic carbocycles. The minimum atomic E-state index is 0.0900. The average molecular weight is 188 g/mol. The van der Waals surface area contributed by atoms with E-state index in [9.17, 15) is 5.11 Å². The third-order valence-electron chi connectivity index (χ3n) is 2.10. The topological polar surface area (TPSA) is 45.2 Å². The molecular formula is C11H12N2O. The Morgan fingerprint density at radius 1 is 1.21 bits per heavy atom. The molecule has 14 heavy (non-hydrogen) atoms. The molecule has 0 saturated heterocycles. The fourth-order valence-electron chi connectivity index (χ4n) is 1.48. The first-order chi connectivity index (χ1) is 6.83. The lowest BCUT2D eigenvalue weighted by molar-refractivity contribution is 0.459. The van der Waals surface area contributed by atoms with E-state index in [-0.39, 0.29) is 5.88 Å². The van der Waals surface area contributed by atoms with Crippen molar-refractivity contribution in [3.8, 4) is 17.0 Å². The van der Waals surface area contributed by atoms with Crippen LogP contribution in [0.5, 0.6) is 5.88 Å². The van der Waals surface area contributed by atoms with Crippen molar-refractivity contribution in [2.24, 2.45) is 0 Å². The molecule has 0 radical (unpaired) electrons. The molecular weight excluding hydrogens is 176 g/mol. The first-order valence-electron chi connectivity index (χ1n) is 4.64. The van der Waals surface area contributed by atoms with E-state index in [1.165, 1.54) is 0 Å². The van der Waals surface area contributed by atoms with Gasteiger partial charge in [0.25, 0.3) is 0 Å². The number of rotatable bonds is 2. The van der Waals surface area contributed by atoms with Crippen molar-refractivity contribution in [1.82, 2.24) is 4.98 Å². The van der Waals surface area contributed by atoms with Gasteiger partial charge in [0.05, 0.1) is 0 Å². The third-order valence-corrected chi connectivity index (χ3v) is 2.10. The van der Waals surface area contributed by atoms with E-state index in [2.05, 4.69) is 10.3 Å². The Morgan fingerprint density at radius 2 is 1.93 bits per heavy atom. The van der Waals surface area contributed by atoms with Gasteiger partial charge in [0.1, 0.15) is 5.82 Å². The van der Waals surface area contributed by atoms with E-state index in [0.29, 0.717) is 0 Å². The van der Waals surface area contributed by atoms with E-state index in [1.807, 2.05) is 37.3 Å². The highest BCUT2D eigenvalue weighted by molar-refractivity contribution is 5.81. The summed E-state index contributed by atoms with van der Waals surface area (Å²) in [7, 11) is 0. The van der Waals surface area contributed by atoms with E-state index in [1.54, 1.807) is 0 Å². The molecule has 0 unspecified atom stereocenters. The van der Waals surface area contributed by atoms with Gasteiger partial charge in [-0.1, -0.05) is 24.3 Å². The fraction of sp³-hybridized carbons (Fsp3) is 0.182. The van der Waals surface area contributed by atoms with Gasteiger partial charge in [-0.05, 0) is 13.0 Å². The summed E-state index contributed by atoms with van der Waals surface area (Å²) in [5, 5.41) is 12.7. The predicted octanol–water partition coefficient (Wildman–Crippen LogP) is 2.32. The number of fused-ring (bicyclic) bond motifs is 1. The smallest absolute Gasteiger partial charge is 0.220 e. The molecule has 0 fully saturated rings. The maximum atomic E-state index is 9.58. The van der Waals surface area contributed by atoms with Gasteiger partial charge in [0, 0.05) is 17.7 Å². The summed E-state index contributed by atoms with van der Waals surface area (Å²) >= 11 is 0. The van der Waals surface area contributed by atoms with E-state index < -0.39 is 0 Å². The second-order valence-corrected chi connectivity index (χ2v) is 3.05. The Balaban J connectivity index is 2.58. The van der Waals surface area contributed by atoms with Crippen molar-refractivity contribution < 1.29 is 5.11 Å². The number of nitrogens with one attached hydrogen (secondary N) is 1. The van der Waals surface area contributed by atoms with Crippen LogP contribution >= 0.6 is 0 Å². The quantitative estimate of drug-likeness (QED) is 0.760. The SMILES string of the molecule is CCNc1nc(O)c2cccccc1-2. The largest absolute Gasteiger partial charge is 0.493 e. The van der Waals surface area contributed by atoms with Gasteiger partial charge < -0.3 is 10.4 Å². The van der Waals surface area contributed by atoms with Crippen molar-refractivity contribution >= 4 is 5.82 Å². The highest BCUT2D eigenvalue weighted by Gasteiger charge is 2.14. The first kappa shape index (κ1) is 8.81. The van der Waals surface area contributed by atoms with E-state index in [0.717, 1.165) is 23.5 Å². The zero-order valence-corrected chi connectivity index (χ0v) is 7.99. The highest BCUT2D eigenvalue weighted by atomic mass is 16.3. The molecule has 0 saturated carbocycles. The zero-order valence-electron chi connectivity index (χ0n) is 7.99. The van der Waals surface area contributed by atoms with Crippen molar-refractivity contribution in [3.63, 3.8) is 0 Å². The van der Waals surface area contributed by atoms with Crippen LogP contribution in [0.4, 0.5) is 5.82 Å². The molecule has 1 aliphatic carbocycles. The van der Waals surface area contributed by atoms with Gasteiger partial charge in [-0.3, -0.25) is 0 Å². The molecule has 2 aliphatic rings. The van der Waals surface area contributed by atoms with Gasteiger partial charge in [-0.25, -0.2) is 0 Å². The molecule has 0 amide bonds. The van der Waals surface area contributed by atoms with E-state index >= 15 is 0 Å². The summed E-state index contributed by atoms with van der Waals surface area (Å²) in [5.41, 5.74) is 1.74. The number of nitrogens with zero attached hydrogens (tertiary/aromatic N) is 1. The van der Waals surface area contributed by atoms with Crippen molar-refractivity contribution in [1.29, 1.82) is 0 Å². The molecule has 0 aromatic heterocycles. The lowest BCUT2D eigenvalue weighted by Gasteiger charge is -1.98. The van der Waals surface area contributed by atoms with Crippen LogP contribution in [0.2, 0.25) is 0 Å². The Hall–Kier alpha value is -1.77. The first-order valence-corrected chi connectivity index (χ1v) is 4.64. The molecule has 3 nitrogen and oxygen atoms in total. The lowest BCUT2D eigenvalue weighted by Crippen LogP contribution is -1.96. The molecule has 1 heterocycles. The minimum Gasteiger partial charge on any atom is -0.493 e. The number of aromatic hydroxyl groups is 1. The monoisotopic (exact) mass is 188 g/mol. The standard InChI is InChI=1S/C11H12N2O/c1-2-12-10-8-6-4-3-5-7-9(8)11(14)13-10/h3-7H,2H2,1H3,(H2,12,13,14). The Bertz CT molecular complexity index is 414. The van der Waals surface area contributed by atoms with Crippen molar-refractivity contribution in [3.05, 3.63) is 30.3 Å². The summed E-state index contributed by atoms with van der Waals surface area (Å²) in [6.07, 6.45) is 0. The number of anilines is 1. The highest BCUT2D eigenvalue weighted by Crippen LogP contribution is 2.36.